The standard InChI is InChI=1S/C19H21N3O3/c1-13(23)15-4-3-5-18(12-15)22-19(25)10-11-20-16-6-8-17(9-7-16)21-14(2)24/h3-9,12,20H,10-11H2,1-2H3,(H,21,24)(H,22,25). The highest BCUT2D eigenvalue weighted by Gasteiger charge is 2.05. The van der Waals surface area contributed by atoms with Crippen LogP contribution in [0.25, 0.3) is 0 Å². The molecule has 0 atom stereocenters. The Morgan fingerprint density at radius 2 is 1.52 bits per heavy atom. The predicted molar refractivity (Wildman–Crippen MR) is 98.9 cm³/mol. The average Bonchev–Trinajstić information content (AvgIpc) is 2.56. The number of amides is 2. The maximum absolute atomic E-state index is 12.0. The number of carbonyl (C=O) groups excluding carboxylic acids is 3. The second kappa shape index (κ2) is 8.63. The van der Waals surface area contributed by atoms with Gasteiger partial charge in [-0.2, -0.15) is 0 Å². The Hall–Kier alpha value is -3.15. The van der Waals surface area contributed by atoms with Gasteiger partial charge in [0, 0.05) is 42.5 Å². The number of anilines is 3. The molecule has 0 saturated heterocycles. The van der Waals surface area contributed by atoms with E-state index in [1.165, 1.54) is 13.8 Å². The summed E-state index contributed by atoms with van der Waals surface area (Å²) >= 11 is 0. The summed E-state index contributed by atoms with van der Waals surface area (Å²) in [5, 5.41) is 8.61. The van der Waals surface area contributed by atoms with Gasteiger partial charge in [-0.25, -0.2) is 0 Å². The van der Waals surface area contributed by atoms with Gasteiger partial charge in [0.2, 0.25) is 11.8 Å². The Morgan fingerprint density at radius 3 is 2.16 bits per heavy atom. The van der Waals surface area contributed by atoms with Crippen molar-refractivity contribution >= 4 is 34.7 Å². The van der Waals surface area contributed by atoms with E-state index in [2.05, 4.69) is 16.0 Å². The van der Waals surface area contributed by atoms with E-state index in [0.29, 0.717) is 17.8 Å². The van der Waals surface area contributed by atoms with Gasteiger partial charge >= 0.3 is 0 Å². The van der Waals surface area contributed by atoms with Crippen LogP contribution in [0.2, 0.25) is 0 Å². The minimum atomic E-state index is -0.136. The van der Waals surface area contributed by atoms with Crippen LogP contribution >= 0.6 is 0 Å². The zero-order valence-electron chi connectivity index (χ0n) is 14.3. The third-order valence-electron chi connectivity index (χ3n) is 3.44. The summed E-state index contributed by atoms with van der Waals surface area (Å²) in [7, 11) is 0. The van der Waals surface area contributed by atoms with Crippen LogP contribution in [-0.4, -0.2) is 24.1 Å². The van der Waals surface area contributed by atoms with E-state index in [4.69, 9.17) is 0 Å². The quantitative estimate of drug-likeness (QED) is 0.676. The van der Waals surface area contributed by atoms with Crippen LogP contribution in [0.15, 0.2) is 48.5 Å². The fraction of sp³-hybridized carbons (Fsp3) is 0.211. The number of hydrogen-bond donors (Lipinski definition) is 3. The van der Waals surface area contributed by atoms with Crippen molar-refractivity contribution in [3.05, 3.63) is 54.1 Å². The molecule has 0 spiro atoms. The molecular formula is C19H21N3O3. The van der Waals surface area contributed by atoms with Gasteiger partial charge in [0.1, 0.15) is 0 Å². The molecule has 0 aliphatic rings. The first kappa shape index (κ1) is 18.2. The van der Waals surface area contributed by atoms with E-state index in [0.717, 1.165) is 11.4 Å². The lowest BCUT2D eigenvalue weighted by Gasteiger charge is -2.09. The molecule has 2 amide bonds. The Kier molecular flexibility index (Phi) is 6.28. The van der Waals surface area contributed by atoms with Gasteiger partial charge in [0.15, 0.2) is 5.78 Å². The molecule has 0 aliphatic heterocycles. The first-order valence-corrected chi connectivity index (χ1v) is 7.96. The van der Waals surface area contributed by atoms with E-state index >= 15 is 0 Å². The number of benzene rings is 2. The van der Waals surface area contributed by atoms with Crippen molar-refractivity contribution in [2.24, 2.45) is 0 Å². The molecule has 25 heavy (non-hydrogen) atoms. The van der Waals surface area contributed by atoms with Crippen LogP contribution in [0.1, 0.15) is 30.6 Å². The highest BCUT2D eigenvalue weighted by Crippen LogP contribution is 2.14. The lowest BCUT2D eigenvalue weighted by Crippen LogP contribution is -2.16. The van der Waals surface area contributed by atoms with Gasteiger partial charge in [-0.3, -0.25) is 14.4 Å². The molecule has 2 rings (SSSR count). The van der Waals surface area contributed by atoms with Crippen LogP contribution in [0, 0.1) is 0 Å². The minimum absolute atomic E-state index is 0.0412. The molecule has 0 radical (unpaired) electrons. The van der Waals surface area contributed by atoms with Crippen LogP contribution in [-0.2, 0) is 9.59 Å². The molecule has 6 nitrogen and oxygen atoms in total. The summed E-state index contributed by atoms with van der Waals surface area (Å²) in [6.45, 7) is 3.41. The summed E-state index contributed by atoms with van der Waals surface area (Å²) in [6, 6.07) is 14.1. The first-order valence-electron chi connectivity index (χ1n) is 7.96. The molecule has 2 aromatic carbocycles. The second-order valence-corrected chi connectivity index (χ2v) is 5.62. The summed E-state index contributed by atoms with van der Waals surface area (Å²) in [4.78, 5) is 34.3. The van der Waals surface area contributed by atoms with E-state index in [9.17, 15) is 14.4 Å². The van der Waals surface area contributed by atoms with E-state index in [1.54, 1.807) is 36.4 Å². The van der Waals surface area contributed by atoms with E-state index in [1.807, 2.05) is 12.1 Å². The summed E-state index contributed by atoms with van der Waals surface area (Å²) in [5.41, 5.74) is 2.76. The van der Waals surface area contributed by atoms with Crippen molar-refractivity contribution < 1.29 is 14.4 Å². The third kappa shape index (κ3) is 6.10. The van der Waals surface area contributed by atoms with Crippen molar-refractivity contribution in [3.8, 4) is 0 Å². The number of ketones is 1. The second-order valence-electron chi connectivity index (χ2n) is 5.62. The maximum atomic E-state index is 12.0. The summed E-state index contributed by atoms with van der Waals surface area (Å²) < 4.78 is 0. The molecule has 0 aromatic heterocycles. The molecule has 2 aromatic rings. The highest BCUT2D eigenvalue weighted by molar-refractivity contribution is 5.97. The van der Waals surface area contributed by atoms with E-state index < -0.39 is 0 Å². The molecule has 0 bridgehead atoms. The molecule has 0 fully saturated rings. The number of rotatable bonds is 7. The van der Waals surface area contributed by atoms with Crippen LogP contribution < -0.4 is 16.0 Å². The zero-order chi connectivity index (χ0) is 18.2. The van der Waals surface area contributed by atoms with Crippen molar-refractivity contribution in [2.45, 2.75) is 20.3 Å². The van der Waals surface area contributed by atoms with Gasteiger partial charge in [0.05, 0.1) is 0 Å². The monoisotopic (exact) mass is 339 g/mol. The molecule has 0 heterocycles. The number of hydrogen-bond acceptors (Lipinski definition) is 4. The molecule has 0 aliphatic carbocycles. The highest BCUT2D eigenvalue weighted by atomic mass is 16.2. The van der Waals surface area contributed by atoms with Crippen LogP contribution in [0.5, 0.6) is 0 Å². The topological polar surface area (TPSA) is 87.3 Å². The largest absolute Gasteiger partial charge is 0.385 e. The van der Waals surface area contributed by atoms with E-state index in [-0.39, 0.29) is 24.0 Å². The van der Waals surface area contributed by atoms with Crippen LogP contribution in [0.3, 0.4) is 0 Å². The lowest BCUT2D eigenvalue weighted by molar-refractivity contribution is -0.116. The molecule has 130 valence electrons. The van der Waals surface area contributed by atoms with Crippen LogP contribution in [0.4, 0.5) is 17.1 Å². The fourth-order valence-corrected chi connectivity index (χ4v) is 2.23. The minimum Gasteiger partial charge on any atom is -0.385 e. The number of nitrogens with one attached hydrogen (secondary N) is 3. The van der Waals surface area contributed by atoms with Gasteiger partial charge in [0.25, 0.3) is 0 Å². The predicted octanol–water partition coefficient (Wildman–Crippen LogP) is 3.29. The molecule has 0 saturated carbocycles. The smallest absolute Gasteiger partial charge is 0.226 e. The molecule has 6 heteroatoms. The van der Waals surface area contributed by atoms with Gasteiger partial charge in [-0.05, 0) is 43.3 Å². The Bertz CT molecular complexity index is 770. The summed E-state index contributed by atoms with van der Waals surface area (Å²) in [5.74, 6) is -0.297. The fourth-order valence-electron chi connectivity index (χ4n) is 2.23. The van der Waals surface area contributed by atoms with Crippen molar-refractivity contribution in [3.63, 3.8) is 0 Å². The maximum Gasteiger partial charge on any atom is 0.226 e. The van der Waals surface area contributed by atoms with Crippen molar-refractivity contribution in [2.75, 3.05) is 22.5 Å². The number of Topliss-reactive ketones (excluding diaryl/α,β-unsaturated/α-hetero) is 1. The molecule has 0 unspecified atom stereocenters. The van der Waals surface area contributed by atoms with Gasteiger partial charge in [-0.1, -0.05) is 12.1 Å². The van der Waals surface area contributed by atoms with Gasteiger partial charge < -0.3 is 16.0 Å². The first-order chi connectivity index (χ1) is 11.9. The van der Waals surface area contributed by atoms with Crippen molar-refractivity contribution in [1.29, 1.82) is 0 Å². The Morgan fingerprint density at radius 1 is 0.840 bits per heavy atom. The van der Waals surface area contributed by atoms with Crippen molar-refractivity contribution in [1.82, 2.24) is 0 Å². The molecule has 3 N–H and O–H groups in total. The normalized spacial score (nSPS) is 10.0. The zero-order valence-corrected chi connectivity index (χ0v) is 14.3. The lowest BCUT2D eigenvalue weighted by atomic mass is 10.1. The number of carbonyl (C=O) groups is 3. The molecular weight excluding hydrogens is 318 g/mol. The Labute approximate surface area is 146 Å². The average molecular weight is 339 g/mol. The third-order valence-corrected chi connectivity index (χ3v) is 3.44. The SMILES string of the molecule is CC(=O)Nc1ccc(NCCC(=O)Nc2cccc(C(C)=O)c2)cc1. The Balaban J connectivity index is 1.79. The van der Waals surface area contributed by atoms with Gasteiger partial charge in [-0.15, -0.1) is 0 Å². The summed E-state index contributed by atoms with van der Waals surface area (Å²) in [6.07, 6.45) is 0.289.